The van der Waals surface area contributed by atoms with Crippen LogP contribution in [-0.4, -0.2) is 37.5 Å². The van der Waals surface area contributed by atoms with Crippen LogP contribution >= 0.6 is 11.6 Å². The molecule has 0 atom stereocenters. The number of barbiturate groups is 1. The van der Waals surface area contributed by atoms with Crippen LogP contribution in [0.15, 0.2) is 72.3 Å². The summed E-state index contributed by atoms with van der Waals surface area (Å²) >= 11 is 6.02. The van der Waals surface area contributed by atoms with E-state index in [1.807, 2.05) is 12.1 Å². The highest BCUT2D eigenvalue weighted by atomic mass is 35.5. The Labute approximate surface area is 223 Å². The monoisotopic (exact) mass is 534 g/mol. The number of nitrogens with one attached hydrogen (secondary N) is 1. The molecule has 4 amide bonds. The Morgan fingerprint density at radius 3 is 2.45 bits per heavy atom. The molecule has 0 spiro atoms. The van der Waals surface area contributed by atoms with Crippen molar-refractivity contribution in [1.82, 2.24) is 5.32 Å². The number of urea groups is 1. The third kappa shape index (κ3) is 5.84. The fourth-order valence-corrected chi connectivity index (χ4v) is 3.91. The second-order valence-corrected chi connectivity index (χ2v) is 8.49. The van der Waals surface area contributed by atoms with Crippen LogP contribution < -0.4 is 19.7 Å². The van der Waals surface area contributed by atoms with Crippen molar-refractivity contribution in [3.63, 3.8) is 0 Å². The standard InChI is InChI=1S/C28H23ClN2O7/c1-3-37-27(34)19-8-10-21(11-9-19)31-26(33)22(25(32)30-28(31)35)14-17-7-12-23(24(15-17)36-2)38-16-18-5-4-6-20(29)13-18/h4-15H,3,16H2,1-2H3,(H,30,32,35)/b22-14+. The van der Waals surface area contributed by atoms with Gasteiger partial charge in [-0.15, -0.1) is 0 Å². The molecule has 4 rings (SSSR count). The zero-order valence-corrected chi connectivity index (χ0v) is 21.3. The number of rotatable bonds is 8. The second-order valence-electron chi connectivity index (χ2n) is 8.05. The van der Waals surface area contributed by atoms with E-state index in [9.17, 15) is 19.2 Å². The predicted octanol–water partition coefficient (Wildman–Crippen LogP) is 4.77. The first-order valence-corrected chi connectivity index (χ1v) is 11.9. The SMILES string of the molecule is CCOC(=O)c1ccc(N2C(=O)NC(=O)/C(=C\c3ccc(OCc4cccc(Cl)c4)c(OC)c3)C2=O)cc1. The minimum Gasteiger partial charge on any atom is -0.493 e. The topological polar surface area (TPSA) is 111 Å². The van der Waals surface area contributed by atoms with Crippen molar-refractivity contribution in [3.05, 3.63) is 94.0 Å². The first kappa shape index (κ1) is 26.4. The van der Waals surface area contributed by atoms with E-state index in [0.717, 1.165) is 10.5 Å². The summed E-state index contributed by atoms with van der Waals surface area (Å²) in [6.07, 6.45) is 1.35. The lowest BCUT2D eigenvalue weighted by molar-refractivity contribution is -0.122. The first-order valence-electron chi connectivity index (χ1n) is 11.5. The summed E-state index contributed by atoms with van der Waals surface area (Å²) in [7, 11) is 1.47. The zero-order chi connectivity index (χ0) is 27.2. The van der Waals surface area contributed by atoms with Crippen molar-refractivity contribution in [2.24, 2.45) is 0 Å². The minimum absolute atomic E-state index is 0.182. The number of carbonyl (C=O) groups excluding carboxylic acids is 4. The van der Waals surface area contributed by atoms with Crippen LogP contribution in [-0.2, 0) is 20.9 Å². The molecule has 0 saturated carbocycles. The number of esters is 1. The van der Waals surface area contributed by atoms with Gasteiger partial charge in [-0.25, -0.2) is 14.5 Å². The molecule has 1 aliphatic heterocycles. The van der Waals surface area contributed by atoms with E-state index in [1.165, 1.54) is 37.5 Å². The average Bonchev–Trinajstić information content (AvgIpc) is 2.90. The summed E-state index contributed by atoms with van der Waals surface area (Å²) in [5.41, 5.74) is 1.53. The van der Waals surface area contributed by atoms with Crippen molar-refractivity contribution in [2.45, 2.75) is 13.5 Å². The molecule has 3 aromatic carbocycles. The maximum atomic E-state index is 13.2. The normalized spacial score (nSPS) is 14.3. The van der Waals surface area contributed by atoms with Crippen LogP contribution in [0.2, 0.25) is 5.02 Å². The Morgan fingerprint density at radius 2 is 1.76 bits per heavy atom. The van der Waals surface area contributed by atoms with Crippen LogP contribution in [0.25, 0.3) is 6.08 Å². The van der Waals surface area contributed by atoms with E-state index < -0.39 is 23.8 Å². The summed E-state index contributed by atoms with van der Waals surface area (Å²) in [6, 6.07) is 17.0. The Hall–Kier alpha value is -4.63. The Kier molecular flexibility index (Phi) is 8.08. The summed E-state index contributed by atoms with van der Waals surface area (Å²) < 4.78 is 16.2. The highest BCUT2D eigenvalue weighted by molar-refractivity contribution is 6.39. The van der Waals surface area contributed by atoms with Crippen molar-refractivity contribution in [1.29, 1.82) is 0 Å². The molecule has 0 unspecified atom stereocenters. The smallest absolute Gasteiger partial charge is 0.338 e. The van der Waals surface area contributed by atoms with Gasteiger partial charge in [0.15, 0.2) is 11.5 Å². The zero-order valence-electron chi connectivity index (χ0n) is 20.5. The van der Waals surface area contributed by atoms with Crippen LogP contribution in [0.5, 0.6) is 11.5 Å². The van der Waals surface area contributed by atoms with Gasteiger partial charge in [0, 0.05) is 5.02 Å². The molecule has 0 radical (unpaired) electrons. The number of methoxy groups -OCH3 is 1. The van der Waals surface area contributed by atoms with Crippen molar-refractivity contribution >= 4 is 47.2 Å². The van der Waals surface area contributed by atoms with Gasteiger partial charge in [-0.2, -0.15) is 0 Å². The molecular weight excluding hydrogens is 512 g/mol. The summed E-state index contributed by atoms with van der Waals surface area (Å²) in [5, 5.41) is 2.77. The number of halogens is 1. The predicted molar refractivity (Wildman–Crippen MR) is 140 cm³/mol. The fourth-order valence-electron chi connectivity index (χ4n) is 3.70. The highest BCUT2D eigenvalue weighted by Gasteiger charge is 2.37. The third-order valence-electron chi connectivity index (χ3n) is 5.52. The number of hydrogen-bond acceptors (Lipinski definition) is 7. The van der Waals surface area contributed by atoms with E-state index in [4.69, 9.17) is 25.8 Å². The fraction of sp³-hybridized carbons (Fsp3) is 0.143. The van der Waals surface area contributed by atoms with Gasteiger partial charge >= 0.3 is 12.0 Å². The van der Waals surface area contributed by atoms with Gasteiger partial charge in [0.25, 0.3) is 11.8 Å². The number of nitrogens with zero attached hydrogens (tertiary/aromatic N) is 1. The molecule has 1 fully saturated rings. The van der Waals surface area contributed by atoms with Gasteiger partial charge in [-0.05, 0) is 72.7 Å². The molecule has 0 aliphatic carbocycles. The lowest BCUT2D eigenvalue weighted by atomic mass is 10.1. The average molecular weight is 535 g/mol. The molecule has 0 aromatic heterocycles. The Morgan fingerprint density at radius 1 is 1.00 bits per heavy atom. The Bertz CT molecular complexity index is 1430. The van der Waals surface area contributed by atoms with E-state index >= 15 is 0 Å². The number of benzene rings is 3. The van der Waals surface area contributed by atoms with Gasteiger partial charge < -0.3 is 14.2 Å². The van der Waals surface area contributed by atoms with Gasteiger partial charge in [-0.1, -0.05) is 29.8 Å². The van der Waals surface area contributed by atoms with E-state index in [0.29, 0.717) is 22.1 Å². The lowest BCUT2D eigenvalue weighted by Crippen LogP contribution is -2.54. The molecule has 38 heavy (non-hydrogen) atoms. The first-order chi connectivity index (χ1) is 18.3. The molecule has 9 nitrogen and oxygen atoms in total. The van der Waals surface area contributed by atoms with Crippen LogP contribution in [0.3, 0.4) is 0 Å². The second kappa shape index (κ2) is 11.6. The summed E-state index contributed by atoms with van der Waals surface area (Å²) in [6.45, 7) is 2.15. The maximum Gasteiger partial charge on any atom is 0.338 e. The lowest BCUT2D eigenvalue weighted by Gasteiger charge is -2.26. The third-order valence-corrected chi connectivity index (χ3v) is 5.76. The summed E-state index contributed by atoms with van der Waals surface area (Å²) in [5.74, 6) is -1.35. The van der Waals surface area contributed by atoms with Crippen molar-refractivity contribution in [3.8, 4) is 11.5 Å². The van der Waals surface area contributed by atoms with E-state index in [2.05, 4.69) is 5.32 Å². The summed E-state index contributed by atoms with van der Waals surface area (Å²) in [4.78, 5) is 51.0. The minimum atomic E-state index is -0.900. The highest BCUT2D eigenvalue weighted by Crippen LogP contribution is 2.31. The molecule has 194 valence electrons. The van der Waals surface area contributed by atoms with Crippen LogP contribution in [0.1, 0.15) is 28.4 Å². The molecular formula is C28H23ClN2O7. The van der Waals surface area contributed by atoms with Gasteiger partial charge in [-0.3, -0.25) is 14.9 Å². The number of imide groups is 2. The molecule has 1 aliphatic rings. The van der Waals surface area contributed by atoms with Gasteiger partial charge in [0.05, 0.1) is 25.0 Å². The number of ether oxygens (including phenoxy) is 3. The molecule has 1 saturated heterocycles. The molecule has 1 heterocycles. The van der Waals surface area contributed by atoms with Crippen molar-refractivity contribution in [2.75, 3.05) is 18.6 Å². The quantitative estimate of drug-likeness (QED) is 0.252. The van der Waals surface area contributed by atoms with Gasteiger partial charge in [0.2, 0.25) is 0 Å². The number of anilines is 1. The molecule has 3 aromatic rings. The Balaban J connectivity index is 1.56. The van der Waals surface area contributed by atoms with Crippen molar-refractivity contribution < 1.29 is 33.4 Å². The number of amides is 4. The van der Waals surface area contributed by atoms with Crippen LogP contribution in [0, 0.1) is 0 Å². The number of carbonyl (C=O) groups is 4. The van der Waals surface area contributed by atoms with E-state index in [-0.39, 0.29) is 30.0 Å². The molecule has 0 bridgehead atoms. The van der Waals surface area contributed by atoms with E-state index in [1.54, 1.807) is 37.3 Å². The largest absolute Gasteiger partial charge is 0.493 e. The molecule has 10 heteroatoms. The van der Waals surface area contributed by atoms with Crippen LogP contribution in [0.4, 0.5) is 10.5 Å². The van der Waals surface area contributed by atoms with Gasteiger partial charge in [0.1, 0.15) is 12.2 Å². The maximum absolute atomic E-state index is 13.2. The molecule has 1 N–H and O–H groups in total. The number of hydrogen-bond donors (Lipinski definition) is 1.